The molecule has 0 spiro atoms. The SMILES string of the molecule is Cc1cc(CN(C)Cc2ccccc2)nn1C. The van der Waals surface area contributed by atoms with E-state index in [1.165, 1.54) is 11.3 Å². The zero-order valence-electron chi connectivity index (χ0n) is 10.7. The largest absolute Gasteiger partial charge is 0.296 e. The second-order valence-corrected chi connectivity index (χ2v) is 4.56. The van der Waals surface area contributed by atoms with Gasteiger partial charge in [0.15, 0.2) is 0 Å². The minimum absolute atomic E-state index is 0.885. The van der Waals surface area contributed by atoms with Crippen LogP contribution >= 0.6 is 0 Å². The van der Waals surface area contributed by atoms with Gasteiger partial charge in [-0.3, -0.25) is 9.58 Å². The van der Waals surface area contributed by atoms with Crippen LogP contribution in [0.5, 0.6) is 0 Å². The molecule has 17 heavy (non-hydrogen) atoms. The number of aryl methyl sites for hydroxylation is 2. The molecule has 0 atom stereocenters. The first-order chi connectivity index (χ1) is 8.15. The lowest BCUT2D eigenvalue weighted by molar-refractivity contribution is 0.314. The molecule has 1 aromatic carbocycles. The van der Waals surface area contributed by atoms with Crippen LogP contribution in [0.25, 0.3) is 0 Å². The fourth-order valence-electron chi connectivity index (χ4n) is 1.94. The maximum absolute atomic E-state index is 4.47. The lowest BCUT2D eigenvalue weighted by Crippen LogP contribution is -2.17. The summed E-state index contributed by atoms with van der Waals surface area (Å²) in [6, 6.07) is 12.6. The molecule has 1 heterocycles. The molecule has 3 nitrogen and oxygen atoms in total. The van der Waals surface area contributed by atoms with Gasteiger partial charge in [0.2, 0.25) is 0 Å². The van der Waals surface area contributed by atoms with Gasteiger partial charge in [-0.05, 0) is 25.6 Å². The summed E-state index contributed by atoms with van der Waals surface area (Å²) in [5.74, 6) is 0. The van der Waals surface area contributed by atoms with E-state index in [2.05, 4.69) is 54.3 Å². The molecule has 0 saturated carbocycles. The summed E-state index contributed by atoms with van der Waals surface area (Å²) >= 11 is 0. The standard InChI is InChI=1S/C14H19N3/c1-12-9-14(15-17(12)3)11-16(2)10-13-7-5-4-6-8-13/h4-9H,10-11H2,1-3H3. The zero-order chi connectivity index (χ0) is 12.3. The molecule has 0 unspecified atom stereocenters. The molecule has 0 bridgehead atoms. The van der Waals surface area contributed by atoms with Gasteiger partial charge >= 0.3 is 0 Å². The van der Waals surface area contributed by atoms with Crippen LogP contribution in [0.4, 0.5) is 0 Å². The Morgan fingerprint density at radius 3 is 2.47 bits per heavy atom. The van der Waals surface area contributed by atoms with E-state index in [0.717, 1.165) is 18.8 Å². The van der Waals surface area contributed by atoms with E-state index >= 15 is 0 Å². The van der Waals surface area contributed by atoms with Crippen LogP contribution in [-0.4, -0.2) is 21.7 Å². The first kappa shape index (κ1) is 11.9. The summed E-state index contributed by atoms with van der Waals surface area (Å²) in [5.41, 5.74) is 3.67. The molecular weight excluding hydrogens is 210 g/mol. The Bertz CT molecular complexity index is 454. The lowest BCUT2D eigenvalue weighted by Gasteiger charge is -2.14. The predicted octanol–water partition coefficient (Wildman–Crippen LogP) is 2.36. The molecule has 2 aromatic rings. The van der Waals surface area contributed by atoms with Crippen molar-refractivity contribution in [2.45, 2.75) is 20.0 Å². The summed E-state index contributed by atoms with van der Waals surface area (Å²) in [7, 11) is 4.10. The normalized spacial score (nSPS) is 11.1. The highest BCUT2D eigenvalue weighted by molar-refractivity contribution is 5.15. The molecule has 0 amide bonds. The van der Waals surface area contributed by atoms with Gasteiger partial charge in [-0.1, -0.05) is 30.3 Å². The first-order valence-corrected chi connectivity index (χ1v) is 5.87. The smallest absolute Gasteiger partial charge is 0.0767 e. The highest BCUT2D eigenvalue weighted by Gasteiger charge is 2.05. The van der Waals surface area contributed by atoms with Gasteiger partial charge in [0.25, 0.3) is 0 Å². The molecule has 0 N–H and O–H groups in total. The van der Waals surface area contributed by atoms with Crippen LogP contribution in [0.1, 0.15) is 17.0 Å². The molecule has 2 rings (SSSR count). The topological polar surface area (TPSA) is 21.1 Å². The van der Waals surface area contributed by atoms with E-state index < -0.39 is 0 Å². The van der Waals surface area contributed by atoms with Crippen molar-refractivity contribution < 1.29 is 0 Å². The Morgan fingerprint density at radius 2 is 1.88 bits per heavy atom. The third-order valence-electron chi connectivity index (χ3n) is 2.89. The van der Waals surface area contributed by atoms with Crippen LogP contribution in [0.15, 0.2) is 36.4 Å². The van der Waals surface area contributed by atoms with Crippen LogP contribution in [0.2, 0.25) is 0 Å². The van der Waals surface area contributed by atoms with Crippen LogP contribution < -0.4 is 0 Å². The van der Waals surface area contributed by atoms with Gasteiger partial charge in [-0.2, -0.15) is 5.10 Å². The zero-order valence-corrected chi connectivity index (χ0v) is 10.7. The summed E-state index contributed by atoms with van der Waals surface area (Å²) in [6.07, 6.45) is 0. The molecule has 90 valence electrons. The molecule has 0 aliphatic carbocycles. The minimum atomic E-state index is 0.885. The highest BCUT2D eigenvalue weighted by atomic mass is 15.3. The van der Waals surface area contributed by atoms with E-state index in [0.29, 0.717) is 0 Å². The summed E-state index contributed by atoms with van der Waals surface area (Å²) in [6.45, 7) is 3.92. The predicted molar refractivity (Wildman–Crippen MR) is 69.6 cm³/mol. The van der Waals surface area contributed by atoms with Gasteiger partial charge in [0, 0.05) is 25.8 Å². The van der Waals surface area contributed by atoms with Crippen molar-refractivity contribution in [3.63, 3.8) is 0 Å². The van der Waals surface area contributed by atoms with Crippen molar-refractivity contribution >= 4 is 0 Å². The minimum Gasteiger partial charge on any atom is -0.296 e. The van der Waals surface area contributed by atoms with Crippen LogP contribution in [0.3, 0.4) is 0 Å². The van der Waals surface area contributed by atoms with E-state index in [9.17, 15) is 0 Å². The van der Waals surface area contributed by atoms with E-state index in [4.69, 9.17) is 0 Å². The molecular formula is C14H19N3. The van der Waals surface area contributed by atoms with Gasteiger partial charge in [0.05, 0.1) is 5.69 Å². The van der Waals surface area contributed by atoms with Crippen molar-refractivity contribution in [3.05, 3.63) is 53.3 Å². The molecule has 0 fully saturated rings. The Balaban J connectivity index is 1.95. The van der Waals surface area contributed by atoms with E-state index in [1.54, 1.807) is 0 Å². The molecule has 0 saturated heterocycles. The van der Waals surface area contributed by atoms with Crippen molar-refractivity contribution in [1.29, 1.82) is 0 Å². The third-order valence-corrected chi connectivity index (χ3v) is 2.89. The molecule has 0 radical (unpaired) electrons. The van der Waals surface area contributed by atoms with Crippen molar-refractivity contribution in [3.8, 4) is 0 Å². The average molecular weight is 229 g/mol. The van der Waals surface area contributed by atoms with Crippen LogP contribution in [-0.2, 0) is 20.1 Å². The number of aromatic nitrogens is 2. The molecule has 1 aromatic heterocycles. The first-order valence-electron chi connectivity index (χ1n) is 5.87. The van der Waals surface area contributed by atoms with Crippen molar-refractivity contribution in [2.24, 2.45) is 7.05 Å². The average Bonchev–Trinajstić information content (AvgIpc) is 2.59. The second kappa shape index (κ2) is 5.15. The summed E-state index contributed by atoms with van der Waals surface area (Å²) in [5, 5.41) is 4.47. The monoisotopic (exact) mass is 229 g/mol. The van der Waals surface area contributed by atoms with Gasteiger partial charge in [-0.15, -0.1) is 0 Å². The Kier molecular flexibility index (Phi) is 3.59. The van der Waals surface area contributed by atoms with Gasteiger partial charge in [-0.25, -0.2) is 0 Å². The highest BCUT2D eigenvalue weighted by Crippen LogP contribution is 2.08. The second-order valence-electron chi connectivity index (χ2n) is 4.56. The lowest BCUT2D eigenvalue weighted by atomic mass is 10.2. The summed E-state index contributed by atoms with van der Waals surface area (Å²) < 4.78 is 1.92. The maximum atomic E-state index is 4.47. The number of rotatable bonds is 4. The van der Waals surface area contributed by atoms with E-state index in [1.807, 2.05) is 17.8 Å². The summed E-state index contributed by atoms with van der Waals surface area (Å²) in [4.78, 5) is 2.27. The van der Waals surface area contributed by atoms with Crippen molar-refractivity contribution in [1.82, 2.24) is 14.7 Å². The van der Waals surface area contributed by atoms with Crippen molar-refractivity contribution in [2.75, 3.05) is 7.05 Å². The molecule has 0 aliphatic rings. The number of benzene rings is 1. The van der Waals surface area contributed by atoms with Crippen LogP contribution in [0, 0.1) is 6.92 Å². The Hall–Kier alpha value is -1.61. The number of hydrogen-bond donors (Lipinski definition) is 0. The van der Waals surface area contributed by atoms with E-state index in [-0.39, 0.29) is 0 Å². The number of hydrogen-bond acceptors (Lipinski definition) is 2. The Morgan fingerprint density at radius 1 is 1.18 bits per heavy atom. The third kappa shape index (κ3) is 3.17. The molecule has 3 heteroatoms. The Labute approximate surface area is 103 Å². The maximum Gasteiger partial charge on any atom is 0.0767 e. The number of nitrogens with zero attached hydrogens (tertiary/aromatic N) is 3. The molecule has 0 aliphatic heterocycles. The quantitative estimate of drug-likeness (QED) is 0.802. The van der Waals surface area contributed by atoms with Gasteiger partial charge < -0.3 is 0 Å². The fraction of sp³-hybridized carbons (Fsp3) is 0.357. The fourth-order valence-corrected chi connectivity index (χ4v) is 1.94. The van der Waals surface area contributed by atoms with Gasteiger partial charge in [0.1, 0.15) is 0 Å².